The zero-order valence-electron chi connectivity index (χ0n) is 9.21. The molecule has 14 heavy (non-hydrogen) atoms. The topological polar surface area (TPSA) is 38.3 Å². The minimum Gasteiger partial charge on any atom is -0.462 e. The second-order valence-corrected chi connectivity index (χ2v) is 4.23. The van der Waals surface area contributed by atoms with Crippen LogP contribution in [0.3, 0.4) is 0 Å². The van der Waals surface area contributed by atoms with Crippen LogP contribution in [0, 0.1) is 5.92 Å². The molecule has 0 atom stereocenters. The standard InChI is InChI=1S/C11H21NO2/c1-9-3-5-10(6-4-9)14-11(13)7-8-12-2/h9-10,12H,3-8H2,1-2H3. The summed E-state index contributed by atoms with van der Waals surface area (Å²) in [5, 5.41) is 2.94. The lowest BCUT2D eigenvalue weighted by Crippen LogP contribution is -2.25. The van der Waals surface area contributed by atoms with Crippen LogP contribution in [-0.4, -0.2) is 25.7 Å². The van der Waals surface area contributed by atoms with Gasteiger partial charge in [-0.05, 0) is 38.6 Å². The molecule has 0 bridgehead atoms. The average Bonchev–Trinajstić information content (AvgIpc) is 2.18. The fourth-order valence-corrected chi connectivity index (χ4v) is 1.82. The van der Waals surface area contributed by atoms with Gasteiger partial charge in [0.15, 0.2) is 0 Å². The van der Waals surface area contributed by atoms with Gasteiger partial charge in [-0.3, -0.25) is 4.79 Å². The van der Waals surface area contributed by atoms with E-state index in [0.29, 0.717) is 13.0 Å². The number of nitrogens with one attached hydrogen (secondary N) is 1. The summed E-state index contributed by atoms with van der Waals surface area (Å²) in [4.78, 5) is 11.3. The van der Waals surface area contributed by atoms with E-state index in [9.17, 15) is 4.79 Å². The second kappa shape index (κ2) is 6.02. The Kier molecular flexibility index (Phi) is 4.94. The fourth-order valence-electron chi connectivity index (χ4n) is 1.82. The molecular weight excluding hydrogens is 178 g/mol. The first-order valence-corrected chi connectivity index (χ1v) is 5.56. The third kappa shape index (κ3) is 4.09. The van der Waals surface area contributed by atoms with Gasteiger partial charge in [-0.1, -0.05) is 6.92 Å². The summed E-state index contributed by atoms with van der Waals surface area (Å²) in [5.41, 5.74) is 0. The van der Waals surface area contributed by atoms with Crippen LogP contribution >= 0.6 is 0 Å². The Balaban J connectivity index is 2.14. The first-order valence-electron chi connectivity index (χ1n) is 5.56. The number of carbonyl (C=O) groups is 1. The van der Waals surface area contributed by atoms with Gasteiger partial charge in [0.25, 0.3) is 0 Å². The van der Waals surface area contributed by atoms with E-state index in [1.807, 2.05) is 7.05 Å². The van der Waals surface area contributed by atoms with E-state index in [1.54, 1.807) is 0 Å². The highest BCUT2D eigenvalue weighted by Gasteiger charge is 2.20. The monoisotopic (exact) mass is 199 g/mol. The summed E-state index contributed by atoms with van der Waals surface area (Å²) in [6.07, 6.45) is 5.17. The molecule has 1 N–H and O–H groups in total. The molecule has 0 spiro atoms. The number of esters is 1. The normalized spacial score (nSPS) is 27.3. The maximum atomic E-state index is 11.3. The Morgan fingerprint density at radius 1 is 1.36 bits per heavy atom. The number of ether oxygens (including phenoxy) is 1. The highest BCUT2D eigenvalue weighted by molar-refractivity contribution is 5.69. The van der Waals surface area contributed by atoms with Crippen molar-refractivity contribution in [3.05, 3.63) is 0 Å². The van der Waals surface area contributed by atoms with Crippen molar-refractivity contribution in [2.75, 3.05) is 13.6 Å². The molecule has 0 aliphatic heterocycles. The zero-order chi connectivity index (χ0) is 10.4. The molecule has 1 aliphatic rings. The van der Waals surface area contributed by atoms with Gasteiger partial charge < -0.3 is 10.1 Å². The SMILES string of the molecule is CNCCC(=O)OC1CCC(C)CC1. The van der Waals surface area contributed by atoms with Crippen LogP contribution in [0.15, 0.2) is 0 Å². The van der Waals surface area contributed by atoms with Crippen LogP contribution in [0.1, 0.15) is 39.0 Å². The minimum atomic E-state index is -0.0566. The predicted octanol–water partition coefficient (Wildman–Crippen LogP) is 1.72. The fraction of sp³-hybridized carbons (Fsp3) is 0.909. The van der Waals surface area contributed by atoms with Crippen molar-refractivity contribution in [2.24, 2.45) is 5.92 Å². The Morgan fingerprint density at radius 3 is 2.57 bits per heavy atom. The molecule has 82 valence electrons. The molecule has 0 heterocycles. The van der Waals surface area contributed by atoms with Crippen LogP contribution < -0.4 is 5.32 Å². The van der Waals surface area contributed by atoms with Crippen molar-refractivity contribution in [3.63, 3.8) is 0 Å². The summed E-state index contributed by atoms with van der Waals surface area (Å²) in [7, 11) is 1.84. The summed E-state index contributed by atoms with van der Waals surface area (Å²) in [5.74, 6) is 0.751. The van der Waals surface area contributed by atoms with Crippen molar-refractivity contribution in [1.82, 2.24) is 5.32 Å². The first kappa shape index (κ1) is 11.5. The molecule has 0 aromatic rings. The highest BCUT2D eigenvalue weighted by atomic mass is 16.5. The molecule has 3 nitrogen and oxygen atoms in total. The Morgan fingerprint density at radius 2 is 2.00 bits per heavy atom. The molecule has 0 amide bonds. The lowest BCUT2D eigenvalue weighted by Gasteiger charge is -2.25. The van der Waals surface area contributed by atoms with Gasteiger partial charge in [-0.15, -0.1) is 0 Å². The second-order valence-electron chi connectivity index (χ2n) is 4.23. The lowest BCUT2D eigenvalue weighted by atomic mass is 9.89. The molecule has 1 saturated carbocycles. The number of hydrogen-bond donors (Lipinski definition) is 1. The molecule has 0 saturated heterocycles. The van der Waals surface area contributed by atoms with Crippen LogP contribution in [-0.2, 0) is 9.53 Å². The quantitative estimate of drug-likeness (QED) is 0.701. The Labute approximate surface area is 86.2 Å². The summed E-state index contributed by atoms with van der Waals surface area (Å²) in [6, 6.07) is 0. The number of carbonyl (C=O) groups excluding carboxylic acids is 1. The van der Waals surface area contributed by atoms with Gasteiger partial charge in [-0.25, -0.2) is 0 Å². The molecule has 1 aliphatic carbocycles. The van der Waals surface area contributed by atoms with Crippen LogP contribution in [0.25, 0.3) is 0 Å². The zero-order valence-corrected chi connectivity index (χ0v) is 9.21. The van der Waals surface area contributed by atoms with Crippen molar-refractivity contribution >= 4 is 5.97 Å². The first-order chi connectivity index (χ1) is 6.72. The molecule has 0 aromatic heterocycles. The number of hydrogen-bond acceptors (Lipinski definition) is 3. The molecular formula is C11H21NO2. The third-order valence-electron chi connectivity index (χ3n) is 2.84. The summed E-state index contributed by atoms with van der Waals surface area (Å²) >= 11 is 0. The van der Waals surface area contributed by atoms with E-state index >= 15 is 0 Å². The van der Waals surface area contributed by atoms with Gasteiger partial charge in [0, 0.05) is 6.54 Å². The molecule has 1 rings (SSSR count). The van der Waals surface area contributed by atoms with Crippen molar-refractivity contribution in [1.29, 1.82) is 0 Å². The molecule has 0 unspecified atom stereocenters. The number of rotatable bonds is 4. The smallest absolute Gasteiger partial charge is 0.307 e. The lowest BCUT2D eigenvalue weighted by molar-refractivity contribution is -0.150. The molecule has 3 heteroatoms. The summed E-state index contributed by atoms with van der Waals surface area (Å²) < 4.78 is 5.36. The predicted molar refractivity (Wildman–Crippen MR) is 56.1 cm³/mol. The van der Waals surface area contributed by atoms with E-state index in [4.69, 9.17) is 4.74 Å². The Hall–Kier alpha value is -0.570. The highest BCUT2D eigenvalue weighted by Crippen LogP contribution is 2.25. The molecule has 0 radical (unpaired) electrons. The van der Waals surface area contributed by atoms with Gasteiger partial charge >= 0.3 is 5.97 Å². The van der Waals surface area contributed by atoms with E-state index in [-0.39, 0.29) is 12.1 Å². The average molecular weight is 199 g/mol. The van der Waals surface area contributed by atoms with Gasteiger partial charge in [0.05, 0.1) is 6.42 Å². The van der Waals surface area contributed by atoms with Crippen LogP contribution in [0.2, 0.25) is 0 Å². The summed E-state index contributed by atoms with van der Waals surface area (Å²) in [6.45, 7) is 2.97. The van der Waals surface area contributed by atoms with Gasteiger partial charge in [-0.2, -0.15) is 0 Å². The van der Waals surface area contributed by atoms with E-state index in [0.717, 1.165) is 18.8 Å². The molecule has 1 fully saturated rings. The minimum absolute atomic E-state index is 0.0566. The Bertz CT molecular complexity index is 174. The van der Waals surface area contributed by atoms with E-state index in [1.165, 1.54) is 12.8 Å². The van der Waals surface area contributed by atoms with Crippen molar-refractivity contribution < 1.29 is 9.53 Å². The molecule has 0 aromatic carbocycles. The maximum Gasteiger partial charge on any atom is 0.307 e. The van der Waals surface area contributed by atoms with Crippen LogP contribution in [0.5, 0.6) is 0 Å². The maximum absolute atomic E-state index is 11.3. The van der Waals surface area contributed by atoms with Crippen molar-refractivity contribution in [2.45, 2.75) is 45.1 Å². The van der Waals surface area contributed by atoms with E-state index < -0.39 is 0 Å². The third-order valence-corrected chi connectivity index (χ3v) is 2.84. The van der Waals surface area contributed by atoms with E-state index in [2.05, 4.69) is 12.2 Å². The van der Waals surface area contributed by atoms with Gasteiger partial charge in [0.1, 0.15) is 6.10 Å². The largest absolute Gasteiger partial charge is 0.462 e. The van der Waals surface area contributed by atoms with Crippen molar-refractivity contribution in [3.8, 4) is 0 Å². The van der Waals surface area contributed by atoms with Gasteiger partial charge in [0.2, 0.25) is 0 Å². The van der Waals surface area contributed by atoms with Crippen LogP contribution in [0.4, 0.5) is 0 Å².